The van der Waals surface area contributed by atoms with Gasteiger partial charge in [-0.2, -0.15) is 0 Å². The summed E-state index contributed by atoms with van der Waals surface area (Å²) >= 11 is 5.21. The zero-order chi connectivity index (χ0) is 14.7. The fourth-order valence-corrected chi connectivity index (χ4v) is 2.98. The Morgan fingerprint density at radius 1 is 1.50 bits per heavy atom. The lowest BCUT2D eigenvalue weighted by atomic mass is 9.90. The fraction of sp³-hybridized carbons (Fsp3) is 0.600. The standard InChI is InChI=1S/C15H23N3OS/c1-10-9-11(2)17-15(13(10)14(16)20)18(7-4-8-19)12-5-3-6-12/h9,12,19H,3-8H2,1-2H3,(H2,16,20). The number of thiocarbonyl (C=S) groups is 1. The first-order valence-electron chi connectivity index (χ1n) is 7.20. The Morgan fingerprint density at radius 3 is 2.70 bits per heavy atom. The molecular formula is C15H23N3OS. The van der Waals surface area contributed by atoms with Gasteiger partial charge in [-0.25, -0.2) is 4.98 Å². The van der Waals surface area contributed by atoms with Crippen LogP contribution in [0, 0.1) is 13.8 Å². The van der Waals surface area contributed by atoms with Gasteiger partial charge in [0.2, 0.25) is 0 Å². The van der Waals surface area contributed by atoms with Crippen LogP contribution in [0.1, 0.15) is 42.5 Å². The summed E-state index contributed by atoms with van der Waals surface area (Å²) in [6, 6.07) is 2.52. The van der Waals surface area contributed by atoms with Gasteiger partial charge in [-0.3, -0.25) is 0 Å². The summed E-state index contributed by atoms with van der Waals surface area (Å²) < 4.78 is 0. The van der Waals surface area contributed by atoms with Crippen LogP contribution >= 0.6 is 12.2 Å². The fourth-order valence-electron chi connectivity index (χ4n) is 2.73. The van der Waals surface area contributed by atoms with E-state index in [1.54, 1.807) is 0 Å². The highest BCUT2D eigenvalue weighted by atomic mass is 32.1. The van der Waals surface area contributed by atoms with E-state index >= 15 is 0 Å². The summed E-state index contributed by atoms with van der Waals surface area (Å²) in [5, 5.41) is 9.12. The van der Waals surface area contributed by atoms with E-state index in [-0.39, 0.29) is 6.61 Å². The van der Waals surface area contributed by atoms with Crippen LogP contribution in [-0.2, 0) is 0 Å². The smallest absolute Gasteiger partial charge is 0.139 e. The van der Waals surface area contributed by atoms with Crippen LogP contribution < -0.4 is 10.6 Å². The number of pyridine rings is 1. The summed E-state index contributed by atoms with van der Waals surface area (Å²) in [5.74, 6) is 0.896. The second kappa shape index (κ2) is 6.50. The van der Waals surface area contributed by atoms with Gasteiger partial charge in [-0.05, 0) is 51.2 Å². The largest absolute Gasteiger partial charge is 0.396 e. The van der Waals surface area contributed by atoms with Gasteiger partial charge < -0.3 is 15.7 Å². The number of hydrogen-bond donors (Lipinski definition) is 2. The van der Waals surface area contributed by atoms with Crippen molar-refractivity contribution in [2.75, 3.05) is 18.1 Å². The van der Waals surface area contributed by atoms with Crippen molar-refractivity contribution in [1.29, 1.82) is 0 Å². The summed E-state index contributed by atoms with van der Waals surface area (Å²) in [6.07, 6.45) is 4.35. The Kier molecular flexibility index (Phi) is 4.94. The van der Waals surface area contributed by atoms with Crippen LogP contribution in [0.25, 0.3) is 0 Å². The molecule has 1 heterocycles. The van der Waals surface area contributed by atoms with Gasteiger partial charge >= 0.3 is 0 Å². The first kappa shape index (κ1) is 15.2. The molecule has 1 aliphatic carbocycles. The predicted molar refractivity (Wildman–Crippen MR) is 86.3 cm³/mol. The minimum absolute atomic E-state index is 0.191. The zero-order valence-electron chi connectivity index (χ0n) is 12.2. The average Bonchev–Trinajstić information content (AvgIpc) is 2.30. The van der Waals surface area contributed by atoms with Crippen LogP contribution in [-0.4, -0.2) is 34.3 Å². The summed E-state index contributed by atoms with van der Waals surface area (Å²) in [7, 11) is 0. The SMILES string of the molecule is Cc1cc(C)c(C(N)=S)c(N(CCCO)C2CCC2)n1. The molecule has 0 atom stereocenters. The molecule has 4 nitrogen and oxygen atoms in total. The molecule has 0 bridgehead atoms. The molecule has 2 rings (SSSR count). The third-order valence-corrected chi connectivity index (χ3v) is 4.12. The maximum absolute atomic E-state index is 9.12. The van der Waals surface area contributed by atoms with Crippen LogP contribution in [0.3, 0.4) is 0 Å². The molecule has 0 saturated heterocycles. The molecule has 110 valence electrons. The van der Waals surface area contributed by atoms with Gasteiger partial charge in [0.25, 0.3) is 0 Å². The highest BCUT2D eigenvalue weighted by molar-refractivity contribution is 7.80. The Balaban J connectivity index is 2.42. The third kappa shape index (κ3) is 3.10. The van der Waals surface area contributed by atoms with Gasteiger partial charge in [0.1, 0.15) is 10.8 Å². The van der Waals surface area contributed by atoms with Crippen LogP contribution in [0.5, 0.6) is 0 Å². The van der Waals surface area contributed by atoms with E-state index in [2.05, 4.69) is 9.88 Å². The van der Waals surface area contributed by atoms with Gasteiger partial charge in [-0.15, -0.1) is 0 Å². The lowest BCUT2D eigenvalue weighted by Gasteiger charge is -2.39. The van der Waals surface area contributed by atoms with Gasteiger partial charge in [-0.1, -0.05) is 12.2 Å². The van der Waals surface area contributed by atoms with E-state index < -0.39 is 0 Å². The van der Waals surface area contributed by atoms with Crippen LogP contribution in [0.4, 0.5) is 5.82 Å². The second-order valence-electron chi connectivity index (χ2n) is 5.50. The normalized spacial score (nSPS) is 14.9. The minimum atomic E-state index is 0.191. The molecule has 1 aliphatic rings. The summed E-state index contributed by atoms with van der Waals surface area (Å²) in [6.45, 7) is 5.01. The van der Waals surface area contributed by atoms with Gasteiger partial charge in [0.15, 0.2) is 0 Å². The van der Waals surface area contributed by atoms with E-state index in [9.17, 15) is 0 Å². The van der Waals surface area contributed by atoms with Crippen molar-refractivity contribution in [3.05, 3.63) is 22.9 Å². The number of aliphatic hydroxyl groups is 1. The highest BCUT2D eigenvalue weighted by Gasteiger charge is 2.28. The summed E-state index contributed by atoms with van der Waals surface area (Å²) in [5.41, 5.74) is 8.85. The molecule has 0 aromatic carbocycles. The van der Waals surface area contributed by atoms with E-state index in [0.717, 1.165) is 35.6 Å². The molecule has 3 N–H and O–H groups in total. The van der Waals surface area contributed by atoms with Crippen LogP contribution in [0.2, 0.25) is 0 Å². The Labute approximate surface area is 126 Å². The molecule has 5 heteroatoms. The number of rotatable bonds is 6. The molecule has 20 heavy (non-hydrogen) atoms. The van der Waals surface area contributed by atoms with Crippen molar-refractivity contribution in [3.8, 4) is 0 Å². The maximum atomic E-state index is 9.12. The van der Waals surface area contributed by atoms with Gasteiger partial charge in [0, 0.05) is 24.9 Å². The zero-order valence-corrected chi connectivity index (χ0v) is 13.0. The van der Waals surface area contributed by atoms with Crippen molar-refractivity contribution in [2.24, 2.45) is 5.73 Å². The number of nitrogens with zero attached hydrogens (tertiary/aromatic N) is 2. The quantitative estimate of drug-likeness (QED) is 0.786. The van der Waals surface area contributed by atoms with Gasteiger partial charge in [0.05, 0.1) is 5.56 Å². The Hall–Kier alpha value is -1.20. The Morgan fingerprint density at radius 2 is 2.20 bits per heavy atom. The van der Waals surface area contributed by atoms with Crippen molar-refractivity contribution in [2.45, 2.75) is 45.6 Å². The minimum Gasteiger partial charge on any atom is -0.396 e. The molecule has 0 amide bonds. The van der Waals surface area contributed by atoms with E-state index in [1.807, 2.05) is 19.9 Å². The number of anilines is 1. The van der Waals surface area contributed by atoms with Crippen molar-refractivity contribution in [1.82, 2.24) is 4.98 Å². The van der Waals surface area contributed by atoms with Crippen molar-refractivity contribution >= 4 is 23.0 Å². The van der Waals surface area contributed by atoms with Crippen molar-refractivity contribution < 1.29 is 5.11 Å². The third-order valence-electron chi connectivity index (χ3n) is 3.92. The summed E-state index contributed by atoms with van der Waals surface area (Å²) in [4.78, 5) is 7.38. The second-order valence-corrected chi connectivity index (χ2v) is 5.94. The topological polar surface area (TPSA) is 62.4 Å². The number of hydrogen-bond acceptors (Lipinski definition) is 4. The highest BCUT2D eigenvalue weighted by Crippen LogP contribution is 2.32. The lowest BCUT2D eigenvalue weighted by molar-refractivity contribution is 0.282. The molecule has 0 spiro atoms. The molecule has 1 aromatic rings. The first-order valence-corrected chi connectivity index (χ1v) is 7.61. The first-order chi connectivity index (χ1) is 9.54. The van der Waals surface area contributed by atoms with E-state index in [0.29, 0.717) is 11.0 Å². The van der Waals surface area contributed by atoms with Crippen LogP contribution in [0.15, 0.2) is 6.07 Å². The number of aryl methyl sites for hydroxylation is 2. The van der Waals surface area contributed by atoms with Crippen molar-refractivity contribution in [3.63, 3.8) is 0 Å². The maximum Gasteiger partial charge on any atom is 0.139 e. The molecule has 1 saturated carbocycles. The number of nitrogens with two attached hydrogens (primary N) is 1. The lowest BCUT2D eigenvalue weighted by Crippen LogP contribution is -2.43. The average molecular weight is 293 g/mol. The molecule has 1 fully saturated rings. The molecular weight excluding hydrogens is 270 g/mol. The predicted octanol–water partition coefficient (Wildman–Crippen LogP) is 2.07. The monoisotopic (exact) mass is 293 g/mol. The Bertz CT molecular complexity index is 500. The molecule has 0 aliphatic heterocycles. The van der Waals surface area contributed by atoms with E-state index in [4.69, 9.17) is 23.1 Å². The molecule has 0 unspecified atom stereocenters. The molecule has 0 radical (unpaired) electrons. The number of aliphatic hydroxyl groups excluding tert-OH is 1. The van der Waals surface area contributed by atoms with E-state index in [1.165, 1.54) is 19.3 Å². The number of aromatic nitrogens is 1. The molecule has 1 aromatic heterocycles.